The number of alkyl halides is 1. The van der Waals surface area contributed by atoms with Crippen molar-refractivity contribution in [3.8, 4) is 11.5 Å². The average Bonchev–Trinajstić information content (AvgIpc) is 2.47. The summed E-state index contributed by atoms with van der Waals surface area (Å²) in [4.78, 5) is 12.5. The van der Waals surface area contributed by atoms with Gasteiger partial charge in [-0.3, -0.25) is 4.79 Å². The summed E-state index contributed by atoms with van der Waals surface area (Å²) >= 11 is 3.55. The van der Waals surface area contributed by atoms with Crippen LogP contribution in [0.1, 0.15) is 43.0 Å². The van der Waals surface area contributed by atoms with Gasteiger partial charge >= 0.3 is 0 Å². The molecule has 0 heterocycles. The highest BCUT2D eigenvalue weighted by Crippen LogP contribution is 2.34. The van der Waals surface area contributed by atoms with E-state index < -0.39 is 0 Å². The van der Waals surface area contributed by atoms with Gasteiger partial charge in [0.25, 0.3) is 5.91 Å². The number of halogens is 1. The van der Waals surface area contributed by atoms with E-state index in [2.05, 4.69) is 28.2 Å². The summed E-state index contributed by atoms with van der Waals surface area (Å²) < 4.78 is 5.00. The maximum absolute atomic E-state index is 12.5. The van der Waals surface area contributed by atoms with Crippen molar-refractivity contribution >= 4 is 21.8 Å². The Hall–Kier alpha value is -1.23. The quantitative estimate of drug-likeness (QED) is 0.813. The minimum Gasteiger partial charge on any atom is -0.504 e. The first-order chi connectivity index (χ1) is 9.99. The fourth-order valence-corrected chi connectivity index (χ4v) is 3.72. The van der Waals surface area contributed by atoms with Crippen LogP contribution >= 0.6 is 15.9 Å². The van der Waals surface area contributed by atoms with E-state index in [1.54, 1.807) is 12.1 Å². The third-order valence-electron chi connectivity index (χ3n) is 4.17. The Morgan fingerprint density at radius 2 is 2.33 bits per heavy atom. The summed E-state index contributed by atoms with van der Waals surface area (Å²) in [6.45, 7) is 2.22. The first-order valence-corrected chi connectivity index (χ1v) is 8.37. The first-order valence-electron chi connectivity index (χ1n) is 7.25. The second-order valence-electron chi connectivity index (χ2n) is 5.96. The average molecular weight is 356 g/mol. The summed E-state index contributed by atoms with van der Waals surface area (Å²) in [6, 6.07) is 4.72. The van der Waals surface area contributed by atoms with Crippen molar-refractivity contribution in [1.82, 2.24) is 5.32 Å². The lowest BCUT2D eigenvalue weighted by molar-refractivity contribution is 0.0869. The Bertz CT molecular complexity index is 520. The molecule has 2 N–H and O–H groups in total. The number of benzene rings is 1. The van der Waals surface area contributed by atoms with E-state index in [9.17, 15) is 9.90 Å². The number of hydrogen-bond acceptors (Lipinski definition) is 3. The fraction of sp³-hybridized carbons (Fsp3) is 0.562. The fourth-order valence-electron chi connectivity index (χ4n) is 3.07. The van der Waals surface area contributed by atoms with Crippen LogP contribution in [0.25, 0.3) is 0 Å². The Kier molecular flexibility index (Phi) is 5.14. The minimum absolute atomic E-state index is 0.0185. The molecule has 0 saturated heterocycles. The second kappa shape index (κ2) is 6.69. The van der Waals surface area contributed by atoms with Crippen LogP contribution in [-0.2, 0) is 0 Å². The molecule has 2 atom stereocenters. The Balaban J connectivity index is 2.14. The van der Waals surface area contributed by atoms with Crippen LogP contribution < -0.4 is 10.1 Å². The van der Waals surface area contributed by atoms with Crippen molar-refractivity contribution in [1.29, 1.82) is 0 Å². The number of ether oxygens (including phenoxy) is 1. The summed E-state index contributed by atoms with van der Waals surface area (Å²) in [5.41, 5.74) is 0.261. The number of carbonyl (C=O) groups is 1. The lowest BCUT2D eigenvalue weighted by Crippen LogP contribution is -2.52. The van der Waals surface area contributed by atoms with Gasteiger partial charge in [0.1, 0.15) is 0 Å². The molecule has 0 aromatic heterocycles. The molecule has 1 aliphatic rings. The molecule has 1 aliphatic carbocycles. The SMILES string of the molecule is COc1ccc(C(=O)NC2(CBr)CCCC(C)C2)cc1O. The molecule has 0 spiro atoms. The van der Waals surface area contributed by atoms with E-state index in [-0.39, 0.29) is 17.2 Å². The number of phenols is 1. The van der Waals surface area contributed by atoms with Crippen LogP contribution in [0.5, 0.6) is 11.5 Å². The lowest BCUT2D eigenvalue weighted by atomic mass is 9.77. The molecule has 1 amide bonds. The lowest BCUT2D eigenvalue weighted by Gasteiger charge is -2.39. The number of methoxy groups -OCH3 is 1. The molecule has 0 aliphatic heterocycles. The summed E-state index contributed by atoms with van der Waals surface area (Å²) in [7, 11) is 1.48. The summed E-state index contributed by atoms with van der Waals surface area (Å²) in [5.74, 6) is 0.811. The van der Waals surface area contributed by atoms with Gasteiger partial charge in [0.15, 0.2) is 11.5 Å². The van der Waals surface area contributed by atoms with Crippen LogP contribution in [0.4, 0.5) is 0 Å². The highest BCUT2D eigenvalue weighted by Gasteiger charge is 2.35. The molecule has 5 heteroatoms. The topological polar surface area (TPSA) is 58.6 Å². The van der Waals surface area contributed by atoms with E-state index >= 15 is 0 Å². The van der Waals surface area contributed by atoms with Gasteiger partial charge in [-0.25, -0.2) is 0 Å². The maximum atomic E-state index is 12.5. The van der Waals surface area contributed by atoms with Crippen molar-refractivity contribution in [2.45, 2.75) is 38.1 Å². The van der Waals surface area contributed by atoms with Gasteiger partial charge in [-0.15, -0.1) is 0 Å². The van der Waals surface area contributed by atoms with Crippen LogP contribution in [-0.4, -0.2) is 29.0 Å². The third kappa shape index (κ3) is 3.70. The van der Waals surface area contributed by atoms with Crippen molar-refractivity contribution < 1.29 is 14.6 Å². The Morgan fingerprint density at radius 3 is 2.90 bits per heavy atom. The molecule has 4 nitrogen and oxygen atoms in total. The van der Waals surface area contributed by atoms with E-state index in [4.69, 9.17) is 4.74 Å². The molecule has 1 aromatic rings. The highest BCUT2D eigenvalue weighted by molar-refractivity contribution is 9.09. The molecule has 1 saturated carbocycles. The number of nitrogens with one attached hydrogen (secondary N) is 1. The zero-order valence-corrected chi connectivity index (χ0v) is 14.1. The molecule has 21 heavy (non-hydrogen) atoms. The van der Waals surface area contributed by atoms with Gasteiger partial charge in [0.2, 0.25) is 0 Å². The largest absolute Gasteiger partial charge is 0.504 e. The number of hydrogen-bond donors (Lipinski definition) is 2. The van der Waals surface area contributed by atoms with Gasteiger partial charge in [-0.2, -0.15) is 0 Å². The molecule has 116 valence electrons. The number of carbonyl (C=O) groups excluding carboxylic acids is 1. The van der Waals surface area contributed by atoms with Gasteiger partial charge < -0.3 is 15.2 Å². The van der Waals surface area contributed by atoms with E-state index in [1.165, 1.54) is 19.6 Å². The molecule has 0 bridgehead atoms. The minimum atomic E-state index is -0.190. The van der Waals surface area contributed by atoms with Crippen molar-refractivity contribution in [2.75, 3.05) is 12.4 Å². The second-order valence-corrected chi connectivity index (χ2v) is 6.52. The molecular weight excluding hydrogens is 334 g/mol. The van der Waals surface area contributed by atoms with Gasteiger partial charge in [0.05, 0.1) is 12.6 Å². The zero-order valence-electron chi connectivity index (χ0n) is 12.5. The predicted octanol–water partition coefficient (Wildman–Crippen LogP) is 3.47. The van der Waals surface area contributed by atoms with Crippen LogP contribution in [0.15, 0.2) is 18.2 Å². The van der Waals surface area contributed by atoms with Crippen molar-refractivity contribution in [2.24, 2.45) is 5.92 Å². The van der Waals surface area contributed by atoms with E-state index in [0.29, 0.717) is 17.2 Å². The highest BCUT2D eigenvalue weighted by atomic mass is 79.9. The van der Waals surface area contributed by atoms with Gasteiger partial charge in [-0.1, -0.05) is 35.7 Å². The first kappa shape index (κ1) is 16.1. The Labute approximate surface area is 134 Å². The number of rotatable bonds is 4. The molecular formula is C16H22BrNO3. The summed E-state index contributed by atoms with van der Waals surface area (Å²) in [5, 5.41) is 13.7. The van der Waals surface area contributed by atoms with Gasteiger partial charge in [0, 0.05) is 10.9 Å². The van der Waals surface area contributed by atoms with E-state index in [1.807, 2.05) is 0 Å². The monoisotopic (exact) mass is 355 g/mol. The molecule has 2 rings (SSSR count). The van der Waals surface area contributed by atoms with Gasteiger partial charge in [-0.05, 0) is 37.0 Å². The van der Waals surface area contributed by atoms with Crippen LogP contribution in [0.3, 0.4) is 0 Å². The van der Waals surface area contributed by atoms with Crippen molar-refractivity contribution in [3.63, 3.8) is 0 Å². The number of aromatic hydroxyl groups is 1. The van der Waals surface area contributed by atoms with E-state index in [0.717, 1.165) is 24.6 Å². The maximum Gasteiger partial charge on any atom is 0.251 e. The normalized spacial score (nSPS) is 25.4. The molecule has 1 aromatic carbocycles. The smallest absolute Gasteiger partial charge is 0.251 e. The third-order valence-corrected chi connectivity index (χ3v) is 5.24. The predicted molar refractivity (Wildman–Crippen MR) is 86.3 cm³/mol. The number of amides is 1. The summed E-state index contributed by atoms with van der Waals surface area (Å²) in [6.07, 6.45) is 4.30. The Morgan fingerprint density at radius 1 is 1.57 bits per heavy atom. The van der Waals surface area contributed by atoms with Crippen LogP contribution in [0.2, 0.25) is 0 Å². The molecule has 2 unspecified atom stereocenters. The standard InChI is InChI=1S/C16H22BrNO3/c1-11-4-3-7-16(9-11,10-17)18-15(20)12-5-6-14(21-2)13(19)8-12/h5-6,8,11,19H,3-4,7,9-10H2,1-2H3,(H,18,20). The molecule has 0 radical (unpaired) electrons. The zero-order chi connectivity index (χ0) is 15.5. The van der Waals surface area contributed by atoms with Crippen LogP contribution in [0, 0.1) is 5.92 Å². The molecule has 1 fully saturated rings. The number of phenolic OH excluding ortho intramolecular Hbond substituents is 1. The van der Waals surface area contributed by atoms with Crippen molar-refractivity contribution in [3.05, 3.63) is 23.8 Å².